The molecule has 6 heteroatoms. The molecule has 1 heterocycles. The second-order valence-electron chi connectivity index (χ2n) is 6.78. The van der Waals surface area contributed by atoms with Crippen LogP contribution in [0.1, 0.15) is 32.3 Å². The van der Waals surface area contributed by atoms with E-state index >= 15 is 0 Å². The molecule has 0 spiro atoms. The van der Waals surface area contributed by atoms with Crippen LogP contribution in [0.25, 0.3) is 0 Å². The zero-order valence-corrected chi connectivity index (χ0v) is 15.6. The molecule has 0 radical (unpaired) electrons. The lowest BCUT2D eigenvalue weighted by molar-refractivity contribution is -0.123. The smallest absolute Gasteiger partial charge is 0.234 e. The van der Waals surface area contributed by atoms with Crippen LogP contribution in [0.2, 0.25) is 0 Å². The van der Waals surface area contributed by atoms with Gasteiger partial charge >= 0.3 is 0 Å². The summed E-state index contributed by atoms with van der Waals surface area (Å²) < 4.78 is 18.7. The number of nitrogens with one attached hydrogen (secondary N) is 1. The Bertz CT molecular complexity index is 560. The predicted octanol–water partition coefficient (Wildman–Crippen LogP) is 2.26. The molecule has 0 aromatic heterocycles. The van der Waals surface area contributed by atoms with Gasteiger partial charge in [-0.2, -0.15) is 0 Å². The first-order valence-corrected chi connectivity index (χ1v) is 9.08. The van der Waals surface area contributed by atoms with Crippen molar-refractivity contribution in [3.8, 4) is 5.75 Å². The summed E-state index contributed by atoms with van der Waals surface area (Å²) in [6, 6.07) is 5.34. The largest absolute Gasteiger partial charge is 0.494 e. The molecule has 5 nitrogen and oxygen atoms in total. The van der Waals surface area contributed by atoms with Crippen molar-refractivity contribution in [2.75, 3.05) is 39.8 Å². The number of benzene rings is 1. The summed E-state index contributed by atoms with van der Waals surface area (Å²) >= 11 is 0. The molecular weight excluding hydrogens is 321 g/mol. The molecule has 140 valence electrons. The summed E-state index contributed by atoms with van der Waals surface area (Å²) in [5, 5.41) is 3.05. The molecule has 1 amide bonds. The van der Waals surface area contributed by atoms with Crippen LogP contribution in [-0.2, 0) is 11.3 Å². The Kier molecular flexibility index (Phi) is 7.65. The minimum Gasteiger partial charge on any atom is -0.494 e. The van der Waals surface area contributed by atoms with Gasteiger partial charge < -0.3 is 10.1 Å². The maximum atomic E-state index is 13.8. The maximum Gasteiger partial charge on any atom is 0.234 e. The first-order valence-electron chi connectivity index (χ1n) is 9.08. The van der Waals surface area contributed by atoms with Gasteiger partial charge in [-0.25, -0.2) is 4.39 Å². The third-order valence-electron chi connectivity index (χ3n) is 4.58. The molecular formula is C19H30FN3O2. The van der Waals surface area contributed by atoms with Crippen LogP contribution in [0.3, 0.4) is 0 Å². The molecule has 1 aromatic carbocycles. The first kappa shape index (κ1) is 19.7. The quantitative estimate of drug-likeness (QED) is 0.780. The lowest BCUT2D eigenvalue weighted by atomic mass is 10.1. The summed E-state index contributed by atoms with van der Waals surface area (Å²) in [5.41, 5.74) is 0.942. The van der Waals surface area contributed by atoms with Gasteiger partial charge in [0.1, 0.15) is 0 Å². The van der Waals surface area contributed by atoms with Crippen LogP contribution >= 0.6 is 0 Å². The van der Waals surface area contributed by atoms with Crippen LogP contribution in [-0.4, -0.2) is 61.6 Å². The Hall–Kier alpha value is -1.66. The first-order chi connectivity index (χ1) is 12.0. The number of hydrogen-bond donors (Lipinski definition) is 1. The SMILES string of the molecule is CCCC(C)NC(=O)CN1CCN(Cc2ccc(OC)c(F)c2)CC1. The Labute approximate surface area is 150 Å². The van der Waals surface area contributed by atoms with Crippen LogP contribution < -0.4 is 10.1 Å². The normalized spacial score (nSPS) is 17.3. The molecule has 1 aromatic rings. The fourth-order valence-electron chi connectivity index (χ4n) is 3.20. The van der Waals surface area contributed by atoms with Gasteiger partial charge in [0.25, 0.3) is 0 Å². The van der Waals surface area contributed by atoms with Gasteiger partial charge in [0, 0.05) is 38.8 Å². The van der Waals surface area contributed by atoms with Gasteiger partial charge in [0.15, 0.2) is 11.6 Å². The van der Waals surface area contributed by atoms with E-state index in [9.17, 15) is 9.18 Å². The monoisotopic (exact) mass is 351 g/mol. The highest BCUT2D eigenvalue weighted by Crippen LogP contribution is 2.19. The zero-order valence-electron chi connectivity index (χ0n) is 15.6. The van der Waals surface area contributed by atoms with Crippen molar-refractivity contribution in [2.24, 2.45) is 0 Å². The molecule has 1 atom stereocenters. The fourth-order valence-corrected chi connectivity index (χ4v) is 3.20. The molecule has 0 aliphatic carbocycles. The summed E-state index contributed by atoms with van der Waals surface area (Å²) in [7, 11) is 1.47. The van der Waals surface area contributed by atoms with Gasteiger partial charge in [-0.1, -0.05) is 19.4 Å². The summed E-state index contributed by atoms with van der Waals surface area (Å²) in [4.78, 5) is 16.5. The predicted molar refractivity (Wildman–Crippen MR) is 97.2 cm³/mol. The molecule has 2 rings (SSSR count). The molecule has 1 N–H and O–H groups in total. The van der Waals surface area contributed by atoms with E-state index in [4.69, 9.17) is 4.74 Å². The third-order valence-corrected chi connectivity index (χ3v) is 4.58. The zero-order chi connectivity index (χ0) is 18.2. The van der Waals surface area contributed by atoms with Gasteiger partial charge in [-0.15, -0.1) is 0 Å². The van der Waals surface area contributed by atoms with Crippen LogP contribution in [0.5, 0.6) is 5.75 Å². The van der Waals surface area contributed by atoms with E-state index in [1.54, 1.807) is 6.07 Å². The molecule has 1 aliphatic rings. The van der Waals surface area contributed by atoms with Gasteiger partial charge in [-0.3, -0.25) is 14.6 Å². The van der Waals surface area contributed by atoms with E-state index in [2.05, 4.69) is 22.0 Å². The molecule has 25 heavy (non-hydrogen) atoms. The van der Waals surface area contributed by atoms with E-state index in [1.165, 1.54) is 13.2 Å². The van der Waals surface area contributed by atoms with E-state index in [1.807, 2.05) is 13.0 Å². The molecule has 0 saturated carbocycles. The lowest BCUT2D eigenvalue weighted by Gasteiger charge is -2.34. The van der Waals surface area contributed by atoms with Crippen molar-refractivity contribution in [3.63, 3.8) is 0 Å². The van der Waals surface area contributed by atoms with Crippen LogP contribution in [0.15, 0.2) is 18.2 Å². The van der Waals surface area contributed by atoms with Crippen molar-refractivity contribution < 1.29 is 13.9 Å². The standard InChI is InChI=1S/C19H30FN3O2/c1-4-5-15(2)21-19(24)14-23-10-8-22(9-11-23)13-16-6-7-18(25-3)17(20)12-16/h6-7,12,15H,4-5,8-11,13-14H2,1-3H3,(H,21,24). The van der Waals surface area contributed by atoms with Crippen molar-refractivity contribution in [3.05, 3.63) is 29.6 Å². The van der Waals surface area contributed by atoms with Crippen molar-refractivity contribution in [2.45, 2.75) is 39.3 Å². The highest BCUT2D eigenvalue weighted by Gasteiger charge is 2.20. The number of carbonyl (C=O) groups excluding carboxylic acids is 1. The maximum absolute atomic E-state index is 13.8. The van der Waals surface area contributed by atoms with E-state index in [0.29, 0.717) is 13.1 Å². The van der Waals surface area contributed by atoms with Gasteiger partial charge in [0.05, 0.1) is 13.7 Å². The number of methoxy groups -OCH3 is 1. The average molecular weight is 351 g/mol. The van der Waals surface area contributed by atoms with E-state index in [0.717, 1.165) is 44.6 Å². The van der Waals surface area contributed by atoms with Crippen molar-refractivity contribution >= 4 is 5.91 Å². The number of amides is 1. The van der Waals surface area contributed by atoms with Crippen molar-refractivity contribution in [1.82, 2.24) is 15.1 Å². The Morgan fingerprint density at radius 2 is 1.96 bits per heavy atom. The van der Waals surface area contributed by atoms with Crippen LogP contribution in [0, 0.1) is 5.82 Å². The average Bonchev–Trinajstić information content (AvgIpc) is 2.57. The topological polar surface area (TPSA) is 44.8 Å². The van der Waals surface area contributed by atoms with Crippen LogP contribution in [0.4, 0.5) is 4.39 Å². The number of hydrogen-bond acceptors (Lipinski definition) is 4. The third kappa shape index (κ3) is 6.29. The Balaban J connectivity index is 1.74. The number of nitrogens with zero attached hydrogens (tertiary/aromatic N) is 2. The highest BCUT2D eigenvalue weighted by atomic mass is 19.1. The summed E-state index contributed by atoms with van der Waals surface area (Å²) in [6.07, 6.45) is 2.09. The fraction of sp³-hybridized carbons (Fsp3) is 0.632. The Morgan fingerprint density at radius 3 is 2.56 bits per heavy atom. The van der Waals surface area contributed by atoms with Gasteiger partial charge in [0.2, 0.25) is 5.91 Å². The van der Waals surface area contributed by atoms with E-state index < -0.39 is 0 Å². The minimum atomic E-state index is -0.323. The molecule has 1 fully saturated rings. The van der Waals surface area contributed by atoms with Crippen molar-refractivity contribution in [1.29, 1.82) is 0 Å². The lowest BCUT2D eigenvalue weighted by Crippen LogP contribution is -2.49. The van der Waals surface area contributed by atoms with E-state index in [-0.39, 0.29) is 23.5 Å². The minimum absolute atomic E-state index is 0.103. The molecule has 1 saturated heterocycles. The summed E-state index contributed by atoms with van der Waals surface area (Å²) in [6.45, 7) is 8.82. The second-order valence-corrected chi connectivity index (χ2v) is 6.78. The van der Waals surface area contributed by atoms with Gasteiger partial charge in [-0.05, 0) is 31.0 Å². The Morgan fingerprint density at radius 1 is 1.28 bits per heavy atom. The number of halogens is 1. The molecule has 1 unspecified atom stereocenters. The molecule has 0 bridgehead atoms. The summed E-state index contributed by atoms with van der Waals surface area (Å²) in [5.74, 6) is 0.0556. The highest BCUT2D eigenvalue weighted by molar-refractivity contribution is 5.78. The number of ether oxygens (including phenoxy) is 1. The number of rotatable bonds is 8. The second kappa shape index (κ2) is 9.73. The number of piperazine rings is 1. The number of carbonyl (C=O) groups is 1. The molecule has 1 aliphatic heterocycles.